The number of thioether (sulfide) groups is 1. The number of carbonyl (C=O) groups excluding carboxylic acids is 2. The van der Waals surface area contributed by atoms with Crippen molar-refractivity contribution in [3.05, 3.63) is 30.0 Å². The molecule has 0 radical (unpaired) electrons. The van der Waals surface area contributed by atoms with E-state index in [-0.39, 0.29) is 23.2 Å². The van der Waals surface area contributed by atoms with Crippen LogP contribution in [0.5, 0.6) is 0 Å². The predicted molar refractivity (Wildman–Crippen MR) is 102 cm³/mol. The average molecular weight is 388 g/mol. The highest BCUT2D eigenvalue weighted by atomic mass is 32.2. The van der Waals surface area contributed by atoms with Crippen LogP contribution in [0.4, 0.5) is 10.8 Å². The van der Waals surface area contributed by atoms with Gasteiger partial charge in [0.25, 0.3) is 0 Å². The van der Waals surface area contributed by atoms with Crippen molar-refractivity contribution in [3.63, 3.8) is 0 Å². The SMILES string of the molecule is CC(=O)c1oc2ccccc2c1NC(=O)CSc1nnc(NC2CC2)s1. The van der Waals surface area contributed by atoms with E-state index in [1.165, 1.54) is 42.9 Å². The summed E-state index contributed by atoms with van der Waals surface area (Å²) in [5.74, 6) is -0.119. The number of aromatic nitrogens is 2. The van der Waals surface area contributed by atoms with Crippen molar-refractivity contribution >= 4 is 56.6 Å². The van der Waals surface area contributed by atoms with Crippen LogP contribution in [0.1, 0.15) is 30.3 Å². The fourth-order valence-corrected chi connectivity index (χ4v) is 4.08. The molecule has 2 heterocycles. The van der Waals surface area contributed by atoms with Gasteiger partial charge < -0.3 is 15.1 Å². The van der Waals surface area contributed by atoms with Crippen LogP contribution < -0.4 is 10.6 Å². The van der Waals surface area contributed by atoms with E-state index in [1.54, 1.807) is 6.07 Å². The Labute approximate surface area is 157 Å². The number of ketones is 1. The standard InChI is InChI=1S/C17H16N4O3S2/c1-9(22)15-14(11-4-2-3-5-12(11)24-15)19-13(23)8-25-17-21-20-16(26-17)18-10-6-7-10/h2-5,10H,6-8H2,1H3,(H,18,20)(H,19,23). The summed E-state index contributed by atoms with van der Waals surface area (Å²) < 4.78 is 6.30. The second-order valence-corrected chi connectivity index (χ2v) is 8.19. The van der Waals surface area contributed by atoms with Crippen LogP contribution in [0, 0.1) is 0 Å². The van der Waals surface area contributed by atoms with E-state index in [0.29, 0.717) is 22.7 Å². The molecule has 26 heavy (non-hydrogen) atoms. The van der Waals surface area contributed by atoms with Crippen LogP contribution in [0.3, 0.4) is 0 Å². The number of benzene rings is 1. The van der Waals surface area contributed by atoms with Crippen molar-refractivity contribution in [1.82, 2.24) is 10.2 Å². The van der Waals surface area contributed by atoms with Gasteiger partial charge >= 0.3 is 0 Å². The largest absolute Gasteiger partial charge is 0.451 e. The molecule has 1 aliphatic carbocycles. The third-order valence-corrected chi connectivity index (χ3v) is 5.81. The second kappa shape index (κ2) is 7.08. The minimum absolute atomic E-state index is 0.163. The Kier molecular flexibility index (Phi) is 4.64. The van der Waals surface area contributed by atoms with Crippen LogP contribution in [0.25, 0.3) is 11.0 Å². The maximum absolute atomic E-state index is 12.4. The monoisotopic (exact) mass is 388 g/mol. The zero-order chi connectivity index (χ0) is 18.1. The quantitative estimate of drug-likeness (QED) is 0.469. The zero-order valence-electron chi connectivity index (χ0n) is 13.9. The number of amides is 1. The second-order valence-electron chi connectivity index (χ2n) is 5.99. The van der Waals surface area contributed by atoms with E-state index in [2.05, 4.69) is 20.8 Å². The molecule has 0 saturated heterocycles. The number of anilines is 2. The molecule has 1 saturated carbocycles. The Bertz CT molecular complexity index is 977. The molecule has 0 unspecified atom stereocenters. The van der Waals surface area contributed by atoms with Gasteiger partial charge in [0, 0.05) is 18.4 Å². The molecule has 134 valence electrons. The fourth-order valence-electron chi connectivity index (χ4n) is 2.45. The number of carbonyl (C=O) groups is 2. The zero-order valence-corrected chi connectivity index (χ0v) is 15.6. The van der Waals surface area contributed by atoms with Crippen molar-refractivity contribution in [2.75, 3.05) is 16.4 Å². The average Bonchev–Trinajstić information content (AvgIpc) is 3.19. The summed E-state index contributed by atoms with van der Waals surface area (Å²) in [6.45, 7) is 1.41. The number of furan rings is 1. The molecule has 2 N–H and O–H groups in total. The maximum atomic E-state index is 12.4. The summed E-state index contributed by atoms with van der Waals surface area (Å²) in [5, 5.41) is 15.7. The lowest BCUT2D eigenvalue weighted by atomic mass is 10.2. The van der Waals surface area contributed by atoms with E-state index in [0.717, 1.165) is 9.47 Å². The van der Waals surface area contributed by atoms with Gasteiger partial charge in [-0.1, -0.05) is 35.2 Å². The van der Waals surface area contributed by atoms with E-state index in [1.807, 2.05) is 18.2 Å². The maximum Gasteiger partial charge on any atom is 0.234 e. The number of para-hydroxylation sites is 1. The minimum atomic E-state index is -0.232. The Balaban J connectivity index is 1.43. The first-order valence-electron chi connectivity index (χ1n) is 8.15. The van der Waals surface area contributed by atoms with E-state index >= 15 is 0 Å². The molecule has 1 aliphatic rings. The molecule has 0 bridgehead atoms. The minimum Gasteiger partial charge on any atom is -0.451 e. The number of hydrogen-bond donors (Lipinski definition) is 2. The molecular weight excluding hydrogens is 372 g/mol. The first-order chi connectivity index (χ1) is 12.6. The van der Waals surface area contributed by atoms with Gasteiger partial charge in [-0.3, -0.25) is 9.59 Å². The Morgan fingerprint density at radius 3 is 2.88 bits per heavy atom. The molecule has 0 aliphatic heterocycles. The van der Waals surface area contributed by atoms with Gasteiger partial charge in [0.05, 0.1) is 11.4 Å². The summed E-state index contributed by atoms with van der Waals surface area (Å²) in [5.41, 5.74) is 0.993. The summed E-state index contributed by atoms with van der Waals surface area (Å²) in [6.07, 6.45) is 2.34. The van der Waals surface area contributed by atoms with Gasteiger partial charge in [-0.15, -0.1) is 10.2 Å². The van der Waals surface area contributed by atoms with Crippen molar-refractivity contribution in [3.8, 4) is 0 Å². The number of Topliss-reactive ketones (excluding diaryl/α,β-unsaturated/α-hetero) is 1. The van der Waals surface area contributed by atoms with Crippen molar-refractivity contribution in [1.29, 1.82) is 0 Å². The highest BCUT2D eigenvalue weighted by molar-refractivity contribution is 8.01. The predicted octanol–water partition coefficient (Wildman–Crippen LogP) is 3.79. The molecular formula is C17H16N4O3S2. The van der Waals surface area contributed by atoms with Crippen LogP contribution in [0.15, 0.2) is 33.0 Å². The van der Waals surface area contributed by atoms with Gasteiger partial charge in [0.1, 0.15) is 5.58 Å². The number of nitrogens with one attached hydrogen (secondary N) is 2. The number of fused-ring (bicyclic) bond motifs is 1. The number of rotatable bonds is 7. The van der Waals surface area contributed by atoms with E-state index in [9.17, 15) is 9.59 Å². The normalized spacial score (nSPS) is 13.7. The van der Waals surface area contributed by atoms with Gasteiger partial charge in [0.2, 0.25) is 11.0 Å². The third-order valence-electron chi connectivity index (χ3n) is 3.82. The lowest BCUT2D eigenvalue weighted by Crippen LogP contribution is -2.15. The molecule has 1 aromatic carbocycles. The number of hydrogen-bond acceptors (Lipinski definition) is 8. The molecule has 0 atom stereocenters. The molecule has 9 heteroatoms. The lowest BCUT2D eigenvalue weighted by Gasteiger charge is -2.03. The molecule has 1 fully saturated rings. The molecule has 1 amide bonds. The van der Waals surface area contributed by atoms with Crippen LogP contribution in [-0.2, 0) is 4.79 Å². The van der Waals surface area contributed by atoms with Crippen molar-refractivity contribution in [2.45, 2.75) is 30.1 Å². The van der Waals surface area contributed by atoms with Crippen molar-refractivity contribution < 1.29 is 14.0 Å². The van der Waals surface area contributed by atoms with Gasteiger partial charge in [-0.05, 0) is 25.0 Å². The fraction of sp³-hybridized carbons (Fsp3) is 0.294. The smallest absolute Gasteiger partial charge is 0.234 e. The molecule has 7 nitrogen and oxygen atoms in total. The Morgan fingerprint density at radius 1 is 1.31 bits per heavy atom. The number of nitrogens with zero attached hydrogens (tertiary/aromatic N) is 2. The molecule has 4 rings (SSSR count). The highest BCUT2D eigenvalue weighted by Gasteiger charge is 2.23. The van der Waals surface area contributed by atoms with Gasteiger partial charge in [-0.2, -0.15) is 0 Å². The summed E-state index contributed by atoms with van der Waals surface area (Å²) >= 11 is 2.75. The summed E-state index contributed by atoms with van der Waals surface area (Å²) in [7, 11) is 0. The highest BCUT2D eigenvalue weighted by Crippen LogP contribution is 2.32. The van der Waals surface area contributed by atoms with Gasteiger partial charge in [0.15, 0.2) is 15.9 Å². The Hall–Kier alpha value is -2.39. The van der Waals surface area contributed by atoms with E-state index < -0.39 is 0 Å². The first-order valence-corrected chi connectivity index (χ1v) is 9.95. The topological polar surface area (TPSA) is 97.1 Å². The lowest BCUT2D eigenvalue weighted by molar-refractivity contribution is -0.113. The first kappa shape index (κ1) is 17.0. The summed E-state index contributed by atoms with van der Waals surface area (Å²) in [4.78, 5) is 24.2. The van der Waals surface area contributed by atoms with Crippen LogP contribution >= 0.6 is 23.1 Å². The van der Waals surface area contributed by atoms with Crippen molar-refractivity contribution in [2.24, 2.45) is 0 Å². The van der Waals surface area contributed by atoms with Crippen LogP contribution in [0.2, 0.25) is 0 Å². The molecule has 2 aromatic heterocycles. The van der Waals surface area contributed by atoms with E-state index in [4.69, 9.17) is 4.42 Å². The third kappa shape index (κ3) is 3.73. The van der Waals surface area contributed by atoms with Gasteiger partial charge in [-0.25, -0.2) is 0 Å². The molecule has 0 spiro atoms. The Morgan fingerprint density at radius 2 is 2.12 bits per heavy atom. The van der Waals surface area contributed by atoms with Crippen LogP contribution in [-0.4, -0.2) is 33.7 Å². The molecule has 3 aromatic rings. The summed E-state index contributed by atoms with van der Waals surface area (Å²) in [6, 6.07) is 7.75.